The second kappa shape index (κ2) is 12.2. The Bertz CT molecular complexity index is 1550. The van der Waals surface area contributed by atoms with Crippen molar-refractivity contribution in [3.8, 4) is 5.75 Å². The van der Waals surface area contributed by atoms with E-state index in [1.165, 1.54) is 11.1 Å². The lowest BCUT2D eigenvalue weighted by atomic mass is 9.98. The van der Waals surface area contributed by atoms with Gasteiger partial charge in [0, 0.05) is 29.2 Å². The van der Waals surface area contributed by atoms with Gasteiger partial charge in [-0.15, -0.1) is 0 Å². The lowest BCUT2D eigenvalue weighted by Gasteiger charge is -2.24. The van der Waals surface area contributed by atoms with E-state index in [1.54, 1.807) is 20.8 Å². The third kappa shape index (κ3) is 6.64. The van der Waals surface area contributed by atoms with Crippen molar-refractivity contribution in [1.29, 1.82) is 0 Å². The summed E-state index contributed by atoms with van der Waals surface area (Å²) in [5, 5.41) is 4.30. The first-order chi connectivity index (χ1) is 19.4. The quantitative estimate of drug-likeness (QED) is 0.207. The number of ether oxygens (including phenoxy) is 2. The first-order valence-electron chi connectivity index (χ1n) is 14.3. The lowest BCUT2D eigenvalue weighted by Crippen LogP contribution is -2.39. The third-order valence-corrected chi connectivity index (χ3v) is 7.76. The molecule has 0 aliphatic heterocycles. The molecule has 0 unspecified atom stereocenters. The number of hydrogen-bond donors (Lipinski definition) is 1. The van der Waals surface area contributed by atoms with Crippen LogP contribution in [0.4, 0.5) is 0 Å². The highest BCUT2D eigenvalue weighted by molar-refractivity contribution is 5.99. The second-order valence-corrected chi connectivity index (χ2v) is 11.5. The molecule has 6 heteroatoms. The molecule has 6 nitrogen and oxygen atoms in total. The smallest absolute Gasteiger partial charge is 0.349 e. The molecular formula is C35H42N2O4. The van der Waals surface area contributed by atoms with Crippen LogP contribution in [0.3, 0.4) is 0 Å². The minimum Gasteiger partial charge on any atom is -0.476 e. The Morgan fingerprint density at radius 3 is 2.29 bits per heavy atom. The maximum Gasteiger partial charge on any atom is 0.349 e. The van der Waals surface area contributed by atoms with Gasteiger partial charge in [0.05, 0.1) is 12.6 Å². The van der Waals surface area contributed by atoms with Crippen LogP contribution in [0, 0.1) is 6.92 Å². The van der Waals surface area contributed by atoms with Crippen molar-refractivity contribution in [3.05, 3.63) is 100 Å². The minimum absolute atomic E-state index is 0.0870. The van der Waals surface area contributed by atoms with Gasteiger partial charge < -0.3 is 19.4 Å². The van der Waals surface area contributed by atoms with Crippen molar-refractivity contribution in [2.75, 3.05) is 6.61 Å². The highest BCUT2D eigenvalue weighted by Gasteiger charge is 2.31. The van der Waals surface area contributed by atoms with Gasteiger partial charge in [-0.05, 0) is 93.5 Å². The van der Waals surface area contributed by atoms with Crippen molar-refractivity contribution < 1.29 is 19.1 Å². The number of aromatic nitrogens is 1. The maximum absolute atomic E-state index is 13.2. The Balaban J connectivity index is 1.51. The summed E-state index contributed by atoms with van der Waals surface area (Å²) in [6.07, 6.45) is 0.736. The molecule has 41 heavy (non-hydrogen) atoms. The molecule has 1 amide bonds. The van der Waals surface area contributed by atoms with Gasteiger partial charge in [-0.25, -0.2) is 4.79 Å². The van der Waals surface area contributed by atoms with E-state index in [0.29, 0.717) is 23.8 Å². The van der Waals surface area contributed by atoms with Gasteiger partial charge in [-0.1, -0.05) is 56.3 Å². The van der Waals surface area contributed by atoms with E-state index < -0.39 is 11.6 Å². The highest BCUT2D eigenvalue weighted by atomic mass is 16.6. The molecule has 3 aromatic carbocycles. The van der Waals surface area contributed by atoms with E-state index in [9.17, 15) is 9.59 Å². The molecule has 1 heterocycles. The van der Waals surface area contributed by atoms with E-state index in [0.717, 1.165) is 34.1 Å². The number of benzene rings is 3. The van der Waals surface area contributed by atoms with Gasteiger partial charge in [0.25, 0.3) is 5.91 Å². The number of esters is 1. The van der Waals surface area contributed by atoms with E-state index >= 15 is 0 Å². The van der Waals surface area contributed by atoms with Crippen molar-refractivity contribution in [1.82, 2.24) is 9.88 Å². The maximum atomic E-state index is 13.2. The lowest BCUT2D eigenvalue weighted by molar-refractivity contribution is -0.158. The first kappa shape index (κ1) is 29.9. The van der Waals surface area contributed by atoms with Gasteiger partial charge in [-0.3, -0.25) is 4.79 Å². The molecule has 0 saturated heterocycles. The summed E-state index contributed by atoms with van der Waals surface area (Å²) in [4.78, 5) is 25.4. The van der Waals surface area contributed by atoms with Crippen molar-refractivity contribution >= 4 is 22.8 Å². The fraction of sp³-hybridized carbons (Fsp3) is 0.371. The van der Waals surface area contributed by atoms with E-state index in [4.69, 9.17) is 9.47 Å². The molecule has 4 aromatic rings. The summed E-state index contributed by atoms with van der Waals surface area (Å²) in [7, 11) is 2.04. The third-order valence-electron chi connectivity index (χ3n) is 7.76. The molecule has 0 radical (unpaired) electrons. The number of carbonyl (C=O) groups is 2. The zero-order valence-electron chi connectivity index (χ0n) is 25.5. The first-order valence-corrected chi connectivity index (χ1v) is 14.3. The number of fused-ring (bicyclic) bond motifs is 1. The van der Waals surface area contributed by atoms with Gasteiger partial charge in [0.15, 0.2) is 5.60 Å². The number of hydrogen-bond acceptors (Lipinski definition) is 4. The monoisotopic (exact) mass is 554 g/mol. The zero-order chi connectivity index (χ0) is 29.9. The molecule has 0 spiro atoms. The molecule has 0 aliphatic carbocycles. The molecule has 4 rings (SSSR count). The predicted octanol–water partition coefficient (Wildman–Crippen LogP) is 7.41. The number of aryl methyl sites for hydroxylation is 1. The summed E-state index contributed by atoms with van der Waals surface area (Å²) in [6.45, 7) is 14.0. The van der Waals surface area contributed by atoms with Crippen LogP contribution in [0.25, 0.3) is 10.9 Å². The van der Waals surface area contributed by atoms with Crippen molar-refractivity contribution in [2.45, 2.75) is 72.4 Å². The Labute approximate surface area is 243 Å². The molecular weight excluding hydrogens is 512 g/mol. The number of nitrogens with one attached hydrogen (secondary N) is 1. The van der Waals surface area contributed by atoms with Gasteiger partial charge in [-0.2, -0.15) is 0 Å². The second-order valence-electron chi connectivity index (χ2n) is 11.5. The van der Waals surface area contributed by atoms with Crippen LogP contribution >= 0.6 is 0 Å². The van der Waals surface area contributed by atoms with Gasteiger partial charge in [0.1, 0.15) is 5.75 Å². The SMILES string of the molecule is CCOC(=O)C(C)(C)Oc1ccc(Cc2c(C)n(C)c3cc(C(=O)N[C@@H](C)c4cccc(C(C)C)c4)ccc23)cc1. The highest BCUT2D eigenvalue weighted by Crippen LogP contribution is 2.30. The standard InChI is InChI=1S/C35H42N2O4/c1-9-40-34(39)35(6,7)41-29-16-13-25(14-17-29)19-31-24(5)37(8)32-21-28(15-18-30(31)32)33(38)36-23(4)27-12-10-11-26(20-27)22(2)3/h10-18,20-23H,9,19H2,1-8H3,(H,36,38)/t23-/m0/s1. The molecule has 0 aliphatic rings. The normalized spacial score (nSPS) is 12.4. The average Bonchev–Trinajstić information content (AvgIpc) is 3.18. The average molecular weight is 555 g/mol. The number of nitrogens with zero attached hydrogens (tertiary/aromatic N) is 1. The Morgan fingerprint density at radius 1 is 0.951 bits per heavy atom. The fourth-order valence-electron chi connectivity index (χ4n) is 5.08. The molecule has 0 saturated carbocycles. The Kier molecular flexibility index (Phi) is 8.91. The van der Waals surface area contributed by atoms with Crippen LogP contribution in [-0.4, -0.2) is 28.7 Å². The van der Waals surface area contributed by atoms with E-state index in [2.05, 4.69) is 61.0 Å². The summed E-state index contributed by atoms with van der Waals surface area (Å²) in [6, 6.07) is 22.1. The Morgan fingerprint density at radius 2 is 1.63 bits per heavy atom. The van der Waals surface area contributed by atoms with Crippen LogP contribution in [0.5, 0.6) is 5.75 Å². The number of amides is 1. The summed E-state index contributed by atoms with van der Waals surface area (Å²) >= 11 is 0. The topological polar surface area (TPSA) is 69.6 Å². The van der Waals surface area contributed by atoms with Crippen LogP contribution in [0.1, 0.15) is 91.8 Å². The zero-order valence-corrected chi connectivity index (χ0v) is 25.5. The predicted molar refractivity (Wildman–Crippen MR) is 165 cm³/mol. The molecule has 1 N–H and O–H groups in total. The van der Waals surface area contributed by atoms with Gasteiger partial charge >= 0.3 is 5.97 Å². The van der Waals surface area contributed by atoms with E-state index in [-0.39, 0.29) is 11.9 Å². The molecule has 216 valence electrons. The molecule has 0 fully saturated rings. The summed E-state index contributed by atoms with van der Waals surface area (Å²) in [5.41, 5.74) is 6.46. The van der Waals surface area contributed by atoms with Crippen molar-refractivity contribution in [2.24, 2.45) is 7.05 Å². The van der Waals surface area contributed by atoms with E-state index in [1.807, 2.05) is 50.4 Å². The van der Waals surface area contributed by atoms with Crippen LogP contribution in [0.15, 0.2) is 66.7 Å². The summed E-state index contributed by atoms with van der Waals surface area (Å²) in [5.74, 6) is 0.571. The fourth-order valence-corrected chi connectivity index (χ4v) is 5.08. The molecule has 1 aromatic heterocycles. The van der Waals surface area contributed by atoms with Crippen LogP contribution < -0.4 is 10.1 Å². The number of rotatable bonds is 10. The minimum atomic E-state index is -1.07. The molecule has 1 atom stereocenters. The van der Waals surface area contributed by atoms with Crippen molar-refractivity contribution in [3.63, 3.8) is 0 Å². The number of carbonyl (C=O) groups excluding carboxylic acids is 2. The summed E-state index contributed by atoms with van der Waals surface area (Å²) < 4.78 is 13.2. The van der Waals surface area contributed by atoms with Gasteiger partial charge in [0.2, 0.25) is 0 Å². The Hall–Kier alpha value is -4.06. The van der Waals surface area contributed by atoms with Crippen LogP contribution in [0.2, 0.25) is 0 Å². The largest absolute Gasteiger partial charge is 0.476 e. The van der Waals surface area contributed by atoms with Crippen LogP contribution in [-0.2, 0) is 23.0 Å². The molecule has 0 bridgehead atoms.